The number of benzene rings is 2. The number of H-pyrrole nitrogens is 1. The van der Waals surface area contributed by atoms with E-state index in [9.17, 15) is 8.42 Å². The van der Waals surface area contributed by atoms with Crippen LogP contribution in [0.4, 0.5) is 5.69 Å². The van der Waals surface area contributed by atoms with Crippen LogP contribution in [0.15, 0.2) is 47.5 Å². The molecular formula is C17H18N2O2S. The zero-order valence-electron chi connectivity index (χ0n) is 12.8. The van der Waals surface area contributed by atoms with Crippen molar-refractivity contribution in [2.75, 3.05) is 4.72 Å². The van der Waals surface area contributed by atoms with Gasteiger partial charge in [0, 0.05) is 11.6 Å². The number of hydrogen-bond acceptors (Lipinski definition) is 2. The topological polar surface area (TPSA) is 62.0 Å². The molecule has 0 amide bonds. The third-order valence-corrected chi connectivity index (χ3v) is 5.39. The Balaban J connectivity index is 2.11. The summed E-state index contributed by atoms with van der Waals surface area (Å²) in [7, 11) is -3.61. The number of rotatable bonds is 3. The molecule has 1 heterocycles. The number of hydrogen-bond donors (Lipinski definition) is 2. The smallest absolute Gasteiger partial charge is 0.262 e. The van der Waals surface area contributed by atoms with Crippen molar-refractivity contribution in [3.63, 3.8) is 0 Å². The second-order valence-corrected chi connectivity index (χ2v) is 7.17. The minimum absolute atomic E-state index is 0.298. The van der Waals surface area contributed by atoms with Gasteiger partial charge in [-0.1, -0.05) is 24.3 Å². The highest BCUT2D eigenvalue weighted by Crippen LogP contribution is 2.30. The molecule has 0 aliphatic carbocycles. The molecule has 4 nitrogen and oxygen atoms in total. The third kappa shape index (κ3) is 2.37. The van der Waals surface area contributed by atoms with Crippen LogP contribution in [-0.2, 0) is 10.0 Å². The summed E-state index contributed by atoms with van der Waals surface area (Å²) in [5.41, 5.74) is 4.32. The van der Waals surface area contributed by atoms with E-state index in [1.54, 1.807) is 31.2 Å². The second kappa shape index (κ2) is 5.18. The molecule has 0 bridgehead atoms. The van der Waals surface area contributed by atoms with E-state index in [-0.39, 0.29) is 0 Å². The highest BCUT2D eigenvalue weighted by atomic mass is 32.2. The van der Waals surface area contributed by atoms with E-state index < -0.39 is 10.0 Å². The molecule has 2 aromatic carbocycles. The van der Waals surface area contributed by atoms with Gasteiger partial charge in [0.2, 0.25) is 0 Å². The summed E-state index contributed by atoms with van der Waals surface area (Å²) >= 11 is 0. The lowest BCUT2D eigenvalue weighted by molar-refractivity contribution is 0.600. The number of sulfonamides is 1. The number of aryl methyl sites for hydroxylation is 3. The molecule has 3 aromatic rings. The molecule has 0 atom stereocenters. The summed E-state index contributed by atoms with van der Waals surface area (Å²) in [4.78, 5) is 3.46. The van der Waals surface area contributed by atoms with Crippen LogP contribution in [0.3, 0.4) is 0 Å². The summed E-state index contributed by atoms with van der Waals surface area (Å²) in [5, 5.41) is 1.06. The monoisotopic (exact) mass is 314 g/mol. The standard InChI is InChI=1S/C17H18N2O2S/c1-11-6-4-5-7-15(11)22(20,21)19-14-9-8-12(2)16-13(3)10-18-17(14)16/h4-10,18-19H,1-3H3. The molecule has 114 valence electrons. The quantitative estimate of drug-likeness (QED) is 0.770. The van der Waals surface area contributed by atoms with Crippen molar-refractivity contribution in [3.05, 3.63) is 59.3 Å². The molecule has 0 radical (unpaired) electrons. The van der Waals surface area contributed by atoms with Crippen LogP contribution in [0.2, 0.25) is 0 Å². The first-order chi connectivity index (χ1) is 10.4. The van der Waals surface area contributed by atoms with Gasteiger partial charge in [0.15, 0.2) is 0 Å². The molecule has 0 spiro atoms. The van der Waals surface area contributed by atoms with Gasteiger partial charge in [-0.3, -0.25) is 4.72 Å². The first-order valence-electron chi connectivity index (χ1n) is 7.06. The van der Waals surface area contributed by atoms with Gasteiger partial charge in [0.1, 0.15) is 0 Å². The number of nitrogens with one attached hydrogen (secondary N) is 2. The fourth-order valence-corrected chi connectivity index (χ4v) is 4.08. The van der Waals surface area contributed by atoms with E-state index in [1.165, 1.54) is 0 Å². The second-order valence-electron chi connectivity index (χ2n) is 5.52. The van der Waals surface area contributed by atoms with Gasteiger partial charge in [-0.05, 0) is 49.6 Å². The lowest BCUT2D eigenvalue weighted by atomic mass is 10.1. The highest BCUT2D eigenvalue weighted by molar-refractivity contribution is 7.92. The molecule has 3 rings (SSSR count). The molecule has 22 heavy (non-hydrogen) atoms. The van der Waals surface area contributed by atoms with Gasteiger partial charge in [-0.15, -0.1) is 0 Å². The highest BCUT2D eigenvalue weighted by Gasteiger charge is 2.18. The van der Waals surface area contributed by atoms with Crippen molar-refractivity contribution in [1.82, 2.24) is 4.98 Å². The van der Waals surface area contributed by atoms with Gasteiger partial charge in [-0.2, -0.15) is 0 Å². The Labute approximate surface area is 130 Å². The molecule has 0 saturated carbocycles. The predicted molar refractivity (Wildman–Crippen MR) is 89.8 cm³/mol. The van der Waals surface area contributed by atoms with Gasteiger partial charge in [-0.25, -0.2) is 8.42 Å². The molecule has 5 heteroatoms. The van der Waals surface area contributed by atoms with Gasteiger partial charge in [0.05, 0.1) is 16.1 Å². The molecule has 0 fully saturated rings. The van der Waals surface area contributed by atoms with Crippen LogP contribution in [0.1, 0.15) is 16.7 Å². The Bertz CT molecular complexity index is 956. The predicted octanol–water partition coefficient (Wildman–Crippen LogP) is 3.89. The largest absolute Gasteiger partial charge is 0.359 e. The van der Waals surface area contributed by atoms with Crippen molar-refractivity contribution in [3.8, 4) is 0 Å². The third-order valence-electron chi connectivity index (χ3n) is 3.87. The van der Waals surface area contributed by atoms with Crippen molar-refractivity contribution in [1.29, 1.82) is 0 Å². The maximum Gasteiger partial charge on any atom is 0.262 e. The van der Waals surface area contributed by atoms with Crippen molar-refractivity contribution >= 4 is 26.6 Å². The van der Waals surface area contributed by atoms with E-state index in [0.29, 0.717) is 10.6 Å². The Morgan fingerprint density at radius 2 is 1.64 bits per heavy atom. The first-order valence-corrected chi connectivity index (χ1v) is 8.54. The van der Waals surface area contributed by atoms with E-state index in [1.807, 2.05) is 32.2 Å². The lowest BCUT2D eigenvalue weighted by Crippen LogP contribution is -2.14. The zero-order valence-corrected chi connectivity index (χ0v) is 13.6. The summed E-state index contributed by atoms with van der Waals surface area (Å²) in [6, 6.07) is 10.7. The van der Waals surface area contributed by atoms with Crippen LogP contribution in [0.5, 0.6) is 0 Å². The Morgan fingerprint density at radius 1 is 0.909 bits per heavy atom. The van der Waals surface area contributed by atoms with Gasteiger partial charge in [0.25, 0.3) is 10.0 Å². The first kappa shape index (κ1) is 14.7. The van der Waals surface area contributed by atoms with Crippen molar-refractivity contribution in [2.45, 2.75) is 25.7 Å². The summed E-state index contributed by atoms with van der Waals surface area (Å²) in [6.45, 7) is 5.81. The fourth-order valence-electron chi connectivity index (χ4n) is 2.76. The minimum Gasteiger partial charge on any atom is -0.359 e. The van der Waals surface area contributed by atoms with Crippen molar-refractivity contribution in [2.24, 2.45) is 0 Å². The molecule has 2 N–H and O–H groups in total. The van der Waals surface area contributed by atoms with Crippen LogP contribution in [0, 0.1) is 20.8 Å². The number of aromatic amines is 1. The average molecular weight is 314 g/mol. The minimum atomic E-state index is -3.61. The Kier molecular flexibility index (Phi) is 3.45. The van der Waals surface area contributed by atoms with E-state index in [0.717, 1.165) is 27.6 Å². The molecule has 0 aliphatic heterocycles. The zero-order chi connectivity index (χ0) is 15.9. The average Bonchev–Trinajstić information content (AvgIpc) is 2.85. The molecule has 0 saturated heterocycles. The lowest BCUT2D eigenvalue weighted by Gasteiger charge is -2.12. The van der Waals surface area contributed by atoms with Gasteiger partial charge >= 0.3 is 0 Å². The van der Waals surface area contributed by atoms with Crippen LogP contribution >= 0.6 is 0 Å². The van der Waals surface area contributed by atoms with Crippen molar-refractivity contribution < 1.29 is 8.42 Å². The molecule has 0 unspecified atom stereocenters. The summed E-state index contributed by atoms with van der Waals surface area (Å²) in [5.74, 6) is 0. The van der Waals surface area contributed by atoms with E-state index in [2.05, 4.69) is 9.71 Å². The molecule has 0 aliphatic rings. The van der Waals surface area contributed by atoms with Crippen LogP contribution in [-0.4, -0.2) is 13.4 Å². The van der Waals surface area contributed by atoms with Crippen LogP contribution < -0.4 is 4.72 Å². The van der Waals surface area contributed by atoms with E-state index >= 15 is 0 Å². The summed E-state index contributed by atoms with van der Waals surface area (Å²) < 4.78 is 28.0. The Hall–Kier alpha value is -2.27. The maximum atomic E-state index is 12.6. The number of fused-ring (bicyclic) bond motifs is 1. The molecule has 1 aromatic heterocycles. The number of aromatic nitrogens is 1. The van der Waals surface area contributed by atoms with Crippen LogP contribution in [0.25, 0.3) is 10.9 Å². The number of anilines is 1. The Morgan fingerprint density at radius 3 is 2.36 bits per heavy atom. The van der Waals surface area contributed by atoms with Gasteiger partial charge < -0.3 is 4.98 Å². The fraction of sp³-hybridized carbons (Fsp3) is 0.176. The normalized spacial score (nSPS) is 11.8. The molecular weight excluding hydrogens is 296 g/mol. The summed E-state index contributed by atoms with van der Waals surface area (Å²) in [6.07, 6.45) is 1.89. The SMILES string of the molecule is Cc1ccccc1S(=O)(=O)Nc1ccc(C)c2c(C)c[nH]c12. The maximum absolute atomic E-state index is 12.6. The van der Waals surface area contributed by atoms with E-state index in [4.69, 9.17) is 0 Å².